The number of carbonyl (C=O) groups excluding carboxylic acids is 2. The summed E-state index contributed by atoms with van der Waals surface area (Å²) in [6, 6.07) is 12.7. The van der Waals surface area contributed by atoms with Crippen LogP contribution in [0.4, 0.5) is 31.7 Å². The van der Waals surface area contributed by atoms with Gasteiger partial charge < -0.3 is 16.0 Å². The molecule has 0 aliphatic carbocycles. The van der Waals surface area contributed by atoms with Gasteiger partial charge in [0.1, 0.15) is 17.3 Å². The monoisotopic (exact) mass is 383 g/mol. The van der Waals surface area contributed by atoms with Crippen LogP contribution >= 0.6 is 0 Å². The molecule has 2 aromatic carbocycles. The molecule has 0 saturated heterocycles. The molecule has 0 saturated carbocycles. The SMILES string of the molecule is CC(=O)Nc1ccc(NC(=O)c2ccc(Nc3c(F)cccc3F)nn2)cc1. The molecule has 0 bridgehead atoms. The van der Waals surface area contributed by atoms with Crippen LogP contribution in [-0.2, 0) is 4.79 Å². The number of carbonyl (C=O) groups is 2. The lowest BCUT2D eigenvalue weighted by molar-refractivity contribution is -0.114. The van der Waals surface area contributed by atoms with Gasteiger partial charge in [0, 0.05) is 18.3 Å². The number of hydrogen-bond donors (Lipinski definition) is 3. The van der Waals surface area contributed by atoms with Crippen LogP contribution in [0.25, 0.3) is 0 Å². The molecule has 0 aliphatic rings. The van der Waals surface area contributed by atoms with Crippen LogP contribution in [0.5, 0.6) is 0 Å². The van der Waals surface area contributed by atoms with E-state index in [2.05, 4.69) is 26.1 Å². The highest BCUT2D eigenvalue weighted by Crippen LogP contribution is 2.21. The highest BCUT2D eigenvalue weighted by Gasteiger charge is 2.12. The summed E-state index contributed by atoms with van der Waals surface area (Å²) in [4.78, 5) is 23.2. The predicted octanol–water partition coefficient (Wildman–Crippen LogP) is 3.71. The minimum atomic E-state index is -0.772. The van der Waals surface area contributed by atoms with Crippen LogP contribution in [0.2, 0.25) is 0 Å². The van der Waals surface area contributed by atoms with Gasteiger partial charge in [-0.2, -0.15) is 0 Å². The third-order valence-corrected chi connectivity index (χ3v) is 3.58. The van der Waals surface area contributed by atoms with Crippen LogP contribution in [-0.4, -0.2) is 22.0 Å². The van der Waals surface area contributed by atoms with E-state index in [1.807, 2.05) is 0 Å². The molecule has 3 aromatic rings. The van der Waals surface area contributed by atoms with E-state index >= 15 is 0 Å². The summed E-state index contributed by atoms with van der Waals surface area (Å²) in [6.07, 6.45) is 0. The first kappa shape index (κ1) is 18.9. The lowest BCUT2D eigenvalue weighted by Crippen LogP contribution is -2.15. The number of nitrogens with one attached hydrogen (secondary N) is 3. The van der Waals surface area contributed by atoms with Gasteiger partial charge >= 0.3 is 0 Å². The number of halogens is 2. The van der Waals surface area contributed by atoms with Crippen molar-refractivity contribution in [2.75, 3.05) is 16.0 Å². The van der Waals surface area contributed by atoms with E-state index in [0.717, 1.165) is 12.1 Å². The highest BCUT2D eigenvalue weighted by atomic mass is 19.1. The average molecular weight is 383 g/mol. The van der Waals surface area contributed by atoms with Crippen molar-refractivity contribution in [1.29, 1.82) is 0 Å². The minimum absolute atomic E-state index is 0.0190. The molecule has 0 radical (unpaired) electrons. The Kier molecular flexibility index (Phi) is 5.54. The zero-order chi connectivity index (χ0) is 20.1. The maximum absolute atomic E-state index is 13.6. The largest absolute Gasteiger partial charge is 0.334 e. The molecule has 0 atom stereocenters. The summed E-state index contributed by atoms with van der Waals surface area (Å²) in [5.74, 6) is -2.17. The number of amides is 2. The van der Waals surface area contributed by atoms with Crippen LogP contribution in [0.1, 0.15) is 17.4 Å². The van der Waals surface area contributed by atoms with Gasteiger partial charge in [-0.15, -0.1) is 10.2 Å². The normalized spacial score (nSPS) is 10.2. The molecule has 3 N–H and O–H groups in total. The van der Waals surface area contributed by atoms with E-state index in [0.29, 0.717) is 11.4 Å². The number of anilines is 4. The van der Waals surface area contributed by atoms with E-state index in [-0.39, 0.29) is 23.1 Å². The van der Waals surface area contributed by atoms with Crippen molar-refractivity contribution >= 4 is 34.7 Å². The maximum Gasteiger partial charge on any atom is 0.276 e. The summed E-state index contributed by atoms with van der Waals surface area (Å²) in [7, 11) is 0. The van der Waals surface area contributed by atoms with Gasteiger partial charge in [-0.1, -0.05) is 6.07 Å². The van der Waals surface area contributed by atoms with Crippen molar-refractivity contribution in [3.8, 4) is 0 Å². The second-order valence-electron chi connectivity index (χ2n) is 5.74. The molecule has 2 amide bonds. The van der Waals surface area contributed by atoms with E-state index < -0.39 is 17.5 Å². The fourth-order valence-corrected chi connectivity index (χ4v) is 2.30. The first-order chi connectivity index (χ1) is 13.4. The van der Waals surface area contributed by atoms with Gasteiger partial charge in [-0.25, -0.2) is 8.78 Å². The van der Waals surface area contributed by atoms with Gasteiger partial charge in [0.15, 0.2) is 11.5 Å². The first-order valence-electron chi connectivity index (χ1n) is 8.16. The van der Waals surface area contributed by atoms with Gasteiger partial charge in [-0.3, -0.25) is 9.59 Å². The molecule has 3 rings (SSSR count). The van der Waals surface area contributed by atoms with E-state index in [9.17, 15) is 18.4 Å². The van der Waals surface area contributed by atoms with Crippen molar-refractivity contribution in [3.63, 3.8) is 0 Å². The molecule has 1 aromatic heterocycles. The van der Waals surface area contributed by atoms with Crippen molar-refractivity contribution in [3.05, 3.63) is 71.9 Å². The third-order valence-electron chi connectivity index (χ3n) is 3.58. The Balaban J connectivity index is 1.66. The molecule has 28 heavy (non-hydrogen) atoms. The van der Waals surface area contributed by atoms with Crippen molar-refractivity contribution in [2.24, 2.45) is 0 Å². The zero-order valence-electron chi connectivity index (χ0n) is 14.7. The van der Waals surface area contributed by atoms with Crippen LogP contribution in [0.15, 0.2) is 54.6 Å². The summed E-state index contributed by atoms with van der Waals surface area (Å²) in [5, 5.41) is 15.3. The molecule has 0 spiro atoms. The standard InChI is InChI=1S/C19H15F2N5O2/c1-11(27)22-12-5-7-13(8-6-12)23-19(28)16-9-10-17(26-25-16)24-18-14(20)3-2-4-15(18)21/h2-10H,1H3,(H,22,27)(H,23,28)(H,24,26). The number of benzene rings is 2. The Morgan fingerprint density at radius 1 is 0.821 bits per heavy atom. The van der Waals surface area contributed by atoms with Crippen LogP contribution in [0, 0.1) is 11.6 Å². The van der Waals surface area contributed by atoms with Gasteiger partial charge in [-0.05, 0) is 48.5 Å². The number of para-hydroxylation sites is 1. The lowest BCUT2D eigenvalue weighted by Gasteiger charge is -2.08. The molecular formula is C19H15F2N5O2. The Morgan fingerprint density at radius 3 is 1.96 bits per heavy atom. The lowest BCUT2D eigenvalue weighted by atomic mass is 10.2. The quantitative estimate of drug-likeness (QED) is 0.624. The second-order valence-corrected chi connectivity index (χ2v) is 5.74. The third kappa shape index (κ3) is 4.64. The van der Waals surface area contributed by atoms with Crippen LogP contribution < -0.4 is 16.0 Å². The van der Waals surface area contributed by atoms with Gasteiger partial charge in [0.05, 0.1) is 0 Å². The smallest absolute Gasteiger partial charge is 0.276 e. The fourth-order valence-electron chi connectivity index (χ4n) is 2.30. The number of hydrogen-bond acceptors (Lipinski definition) is 5. The Hall–Kier alpha value is -3.88. The second kappa shape index (κ2) is 8.21. The topological polar surface area (TPSA) is 96.0 Å². The maximum atomic E-state index is 13.6. The van der Waals surface area contributed by atoms with Gasteiger partial charge in [0.25, 0.3) is 5.91 Å². The summed E-state index contributed by atoms with van der Waals surface area (Å²) < 4.78 is 27.3. The molecule has 0 unspecified atom stereocenters. The summed E-state index contributed by atoms with van der Waals surface area (Å²) in [5.41, 5.74) is 0.761. The molecule has 1 heterocycles. The molecule has 0 fully saturated rings. The fraction of sp³-hybridized carbons (Fsp3) is 0.0526. The molecule has 142 valence electrons. The molecular weight excluding hydrogens is 368 g/mol. The predicted molar refractivity (Wildman–Crippen MR) is 100 cm³/mol. The molecule has 9 heteroatoms. The van der Waals surface area contributed by atoms with Gasteiger partial charge in [0.2, 0.25) is 5.91 Å². The average Bonchev–Trinajstić information content (AvgIpc) is 2.66. The Bertz CT molecular complexity index is 988. The minimum Gasteiger partial charge on any atom is -0.334 e. The zero-order valence-corrected chi connectivity index (χ0v) is 14.7. The van der Waals surface area contributed by atoms with Crippen molar-refractivity contribution in [2.45, 2.75) is 6.92 Å². The molecule has 7 nitrogen and oxygen atoms in total. The van der Waals surface area contributed by atoms with Crippen LogP contribution in [0.3, 0.4) is 0 Å². The first-order valence-corrected chi connectivity index (χ1v) is 8.16. The summed E-state index contributed by atoms with van der Waals surface area (Å²) in [6.45, 7) is 1.40. The molecule has 0 aliphatic heterocycles. The summed E-state index contributed by atoms with van der Waals surface area (Å²) >= 11 is 0. The van der Waals surface area contributed by atoms with E-state index in [1.54, 1.807) is 24.3 Å². The number of aromatic nitrogens is 2. The van der Waals surface area contributed by atoms with E-state index in [4.69, 9.17) is 0 Å². The van der Waals surface area contributed by atoms with Crippen molar-refractivity contribution in [1.82, 2.24) is 10.2 Å². The number of rotatable bonds is 5. The van der Waals surface area contributed by atoms with E-state index in [1.165, 1.54) is 25.1 Å². The highest BCUT2D eigenvalue weighted by molar-refractivity contribution is 6.03. The Labute approximate surface area is 158 Å². The Morgan fingerprint density at radius 2 is 1.43 bits per heavy atom. The number of nitrogens with zero attached hydrogens (tertiary/aromatic N) is 2. The van der Waals surface area contributed by atoms with Crippen molar-refractivity contribution < 1.29 is 18.4 Å².